The van der Waals surface area contributed by atoms with Crippen LogP contribution >= 0.6 is 0 Å². The highest BCUT2D eigenvalue weighted by atomic mass is 15.2. The lowest BCUT2D eigenvalue weighted by Gasteiger charge is -2.34. The number of hydrogen-bond donors (Lipinski definition) is 1. The van der Waals surface area contributed by atoms with Crippen LogP contribution in [0, 0.1) is 12.8 Å². The van der Waals surface area contributed by atoms with Gasteiger partial charge in [0.25, 0.3) is 0 Å². The third kappa shape index (κ3) is 4.17. The number of hydrogen-bond acceptors (Lipinski definition) is 4. The van der Waals surface area contributed by atoms with E-state index in [0.717, 1.165) is 49.3 Å². The summed E-state index contributed by atoms with van der Waals surface area (Å²) in [6.07, 6.45) is 3.55. The molecule has 2 heterocycles. The molecule has 0 spiro atoms. The maximum absolute atomic E-state index is 4.63. The van der Waals surface area contributed by atoms with Crippen LogP contribution in [0.2, 0.25) is 0 Å². The second-order valence-corrected chi connectivity index (χ2v) is 6.14. The first-order chi connectivity index (χ1) is 9.58. The Hall–Kier alpha value is -1.16. The van der Waals surface area contributed by atoms with E-state index in [2.05, 4.69) is 47.0 Å². The molecule has 0 aliphatic carbocycles. The van der Waals surface area contributed by atoms with Gasteiger partial charge in [0, 0.05) is 30.9 Å². The summed E-state index contributed by atoms with van der Waals surface area (Å²) in [5, 5.41) is 3.56. The van der Waals surface area contributed by atoms with Gasteiger partial charge in [0.1, 0.15) is 11.6 Å². The van der Waals surface area contributed by atoms with Crippen molar-refractivity contribution in [2.45, 2.75) is 53.0 Å². The zero-order valence-corrected chi connectivity index (χ0v) is 13.3. The normalized spacial score (nSPS) is 19.6. The van der Waals surface area contributed by atoms with Gasteiger partial charge in [-0.05, 0) is 38.6 Å². The van der Waals surface area contributed by atoms with E-state index in [-0.39, 0.29) is 0 Å². The molecule has 20 heavy (non-hydrogen) atoms. The third-order valence-electron chi connectivity index (χ3n) is 3.90. The average Bonchev–Trinajstić information content (AvgIpc) is 2.44. The smallest absolute Gasteiger partial charge is 0.132 e. The Bertz CT molecular complexity index is 430. The Morgan fingerprint density at radius 1 is 1.40 bits per heavy atom. The Morgan fingerprint density at radius 2 is 2.20 bits per heavy atom. The Kier molecular flexibility index (Phi) is 5.35. The molecule has 1 saturated heterocycles. The Balaban J connectivity index is 2.02. The number of nitrogens with zero attached hydrogens (tertiary/aromatic N) is 3. The summed E-state index contributed by atoms with van der Waals surface area (Å²) in [6.45, 7) is 11.9. The molecule has 0 radical (unpaired) electrons. The predicted octanol–water partition coefficient (Wildman–Crippen LogP) is 2.56. The summed E-state index contributed by atoms with van der Waals surface area (Å²) in [5.74, 6) is 2.73. The van der Waals surface area contributed by atoms with Crippen LogP contribution in [0.5, 0.6) is 0 Å². The standard InChI is InChI=1S/C16H28N4/c1-5-15-9-16(19-13(4)18-15)20-8-6-7-14(11-20)10-17-12(2)3/h9,12,14,17H,5-8,10-11H2,1-4H3. The van der Waals surface area contributed by atoms with Crippen molar-refractivity contribution in [1.82, 2.24) is 15.3 Å². The van der Waals surface area contributed by atoms with Crippen LogP contribution < -0.4 is 10.2 Å². The molecule has 1 aliphatic heterocycles. The zero-order chi connectivity index (χ0) is 14.5. The van der Waals surface area contributed by atoms with Gasteiger partial charge in [-0.2, -0.15) is 0 Å². The van der Waals surface area contributed by atoms with Gasteiger partial charge in [0.05, 0.1) is 0 Å². The second kappa shape index (κ2) is 7.02. The summed E-state index contributed by atoms with van der Waals surface area (Å²) in [4.78, 5) is 11.5. The van der Waals surface area contributed by atoms with Crippen molar-refractivity contribution < 1.29 is 0 Å². The molecule has 1 aromatic rings. The topological polar surface area (TPSA) is 41.0 Å². The van der Waals surface area contributed by atoms with Gasteiger partial charge in [-0.15, -0.1) is 0 Å². The maximum atomic E-state index is 4.63. The fraction of sp³-hybridized carbons (Fsp3) is 0.750. The van der Waals surface area contributed by atoms with Gasteiger partial charge in [-0.3, -0.25) is 0 Å². The van der Waals surface area contributed by atoms with Gasteiger partial charge < -0.3 is 10.2 Å². The summed E-state index contributed by atoms with van der Waals surface area (Å²) in [7, 11) is 0. The molecule has 1 fully saturated rings. The molecule has 112 valence electrons. The first kappa shape index (κ1) is 15.2. The number of aryl methyl sites for hydroxylation is 2. The van der Waals surface area contributed by atoms with E-state index in [0.29, 0.717) is 6.04 Å². The van der Waals surface area contributed by atoms with Gasteiger partial charge >= 0.3 is 0 Å². The van der Waals surface area contributed by atoms with Crippen LogP contribution in [0.15, 0.2) is 6.07 Å². The average molecular weight is 276 g/mol. The first-order valence-electron chi connectivity index (χ1n) is 7.91. The summed E-state index contributed by atoms with van der Waals surface area (Å²) in [5.41, 5.74) is 1.15. The van der Waals surface area contributed by atoms with Crippen LogP contribution in [0.1, 0.15) is 45.1 Å². The molecule has 2 rings (SSSR count). The molecule has 1 aliphatic rings. The molecule has 1 atom stereocenters. The Morgan fingerprint density at radius 3 is 2.90 bits per heavy atom. The number of anilines is 1. The van der Waals surface area contributed by atoms with E-state index >= 15 is 0 Å². The molecule has 1 unspecified atom stereocenters. The number of aromatic nitrogens is 2. The summed E-state index contributed by atoms with van der Waals surface area (Å²) in [6, 6.07) is 2.73. The molecular formula is C16H28N4. The van der Waals surface area contributed by atoms with Gasteiger partial charge in [0.15, 0.2) is 0 Å². The lowest BCUT2D eigenvalue weighted by Crippen LogP contribution is -2.41. The molecule has 0 saturated carbocycles. The van der Waals surface area contributed by atoms with Gasteiger partial charge in [0.2, 0.25) is 0 Å². The number of nitrogens with one attached hydrogen (secondary N) is 1. The molecule has 0 aromatic carbocycles. The minimum absolute atomic E-state index is 0.568. The molecule has 0 amide bonds. The molecule has 1 N–H and O–H groups in total. The predicted molar refractivity (Wildman–Crippen MR) is 84.2 cm³/mol. The lowest BCUT2D eigenvalue weighted by molar-refractivity contribution is 0.378. The SMILES string of the molecule is CCc1cc(N2CCCC(CNC(C)C)C2)nc(C)n1. The van der Waals surface area contributed by atoms with E-state index in [1.54, 1.807) is 0 Å². The molecular weight excluding hydrogens is 248 g/mol. The lowest BCUT2D eigenvalue weighted by atomic mass is 9.97. The van der Waals surface area contributed by atoms with Crippen LogP contribution in [-0.4, -0.2) is 35.6 Å². The van der Waals surface area contributed by atoms with Crippen molar-refractivity contribution in [2.24, 2.45) is 5.92 Å². The third-order valence-corrected chi connectivity index (χ3v) is 3.90. The fourth-order valence-electron chi connectivity index (χ4n) is 2.80. The maximum Gasteiger partial charge on any atom is 0.132 e. The molecule has 0 bridgehead atoms. The van der Waals surface area contributed by atoms with Crippen LogP contribution in [0.25, 0.3) is 0 Å². The molecule has 4 heteroatoms. The van der Waals surface area contributed by atoms with Crippen molar-refractivity contribution in [3.63, 3.8) is 0 Å². The minimum Gasteiger partial charge on any atom is -0.356 e. The molecule has 1 aromatic heterocycles. The number of piperidine rings is 1. The van der Waals surface area contributed by atoms with Crippen molar-refractivity contribution in [3.05, 3.63) is 17.6 Å². The van der Waals surface area contributed by atoms with E-state index in [1.807, 2.05) is 6.92 Å². The van der Waals surface area contributed by atoms with E-state index in [9.17, 15) is 0 Å². The van der Waals surface area contributed by atoms with Crippen molar-refractivity contribution in [1.29, 1.82) is 0 Å². The Labute approximate surface area is 123 Å². The zero-order valence-electron chi connectivity index (χ0n) is 13.3. The van der Waals surface area contributed by atoms with Gasteiger partial charge in [-0.25, -0.2) is 9.97 Å². The highest BCUT2D eigenvalue weighted by Crippen LogP contribution is 2.22. The van der Waals surface area contributed by atoms with Crippen molar-refractivity contribution in [3.8, 4) is 0 Å². The summed E-state index contributed by atoms with van der Waals surface area (Å²) < 4.78 is 0. The van der Waals surface area contributed by atoms with Crippen LogP contribution in [-0.2, 0) is 6.42 Å². The van der Waals surface area contributed by atoms with Crippen molar-refractivity contribution >= 4 is 5.82 Å². The van der Waals surface area contributed by atoms with Crippen LogP contribution in [0.3, 0.4) is 0 Å². The molecule has 4 nitrogen and oxygen atoms in total. The van der Waals surface area contributed by atoms with Crippen molar-refractivity contribution in [2.75, 3.05) is 24.5 Å². The largest absolute Gasteiger partial charge is 0.356 e. The number of rotatable bonds is 5. The highest BCUT2D eigenvalue weighted by molar-refractivity contribution is 5.40. The first-order valence-corrected chi connectivity index (χ1v) is 7.91. The quantitative estimate of drug-likeness (QED) is 0.897. The second-order valence-electron chi connectivity index (χ2n) is 6.14. The van der Waals surface area contributed by atoms with E-state index in [1.165, 1.54) is 12.8 Å². The van der Waals surface area contributed by atoms with Crippen LogP contribution in [0.4, 0.5) is 5.82 Å². The monoisotopic (exact) mass is 276 g/mol. The minimum atomic E-state index is 0.568. The van der Waals surface area contributed by atoms with E-state index < -0.39 is 0 Å². The summed E-state index contributed by atoms with van der Waals surface area (Å²) >= 11 is 0. The highest BCUT2D eigenvalue weighted by Gasteiger charge is 2.21. The van der Waals surface area contributed by atoms with E-state index in [4.69, 9.17) is 0 Å². The fourth-order valence-corrected chi connectivity index (χ4v) is 2.80. The van der Waals surface area contributed by atoms with Gasteiger partial charge in [-0.1, -0.05) is 20.8 Å².